The number of benzene rings is 4. The molecule has 0 heterocycles. The number of methoxy groups -OCH3 is 1. The summed E-state index contributed by atoms with van der Waals surface area (Å²) in [6.07, 6.45) is 0. The van der Waals surface area contributed by atoms with Gasteiger partial charge in [-0.05, 0) is 65.7 Å². The number of ether oxygens (including phenoxy) is 2. The lowest BCUT2D eigenvalue weighted by atomic mass is 10.2. The SMILES string of the molecule is COc1ccc(N(CC(=O)NCc2ccc(OCc3ccc(F)cc3)cc2)S(=O)(=O)c2ccccc2)cc1Cl. The lowest BCUT2D eigenvalue weighted by Gasteiger charge is -2.24. The van der Waals surface area contributed by atoms with E-state index in [0.717, 1.165) is 15.4 Å². The summed E-state index contributed by atoms with van der Waals surface area (Å²) in [5.41, 5.74) is 1.85. The number of carbonyl (C=O) groups excluding carboxylic acids is 1. The number of halogens is 2. The van der Waals surface area contributed by atoms with Gasteiger partial charge in [0.05, 0.1) is 22.7 Å². The molecular formula is C29H26ClFN2O5S. The van der Waals surface area contributed by atoms with Gasteiger partial charge in [0, 0.05) is 6.54 Å². The fourth-order valence-electron chi connectivity index (χ4n) is 3.68. The van der Waals surface area contributed by atoms with Crippen LogP contribution in [0.15, 0.2) is 102 Å². The van der Waals surface area contributed by atoms with Crippen molar-refractivity contribution in [2.45, 2.75) is 18.0 Å². The molecule has 10 heteroatoms. The normalized spacial score (nSPS) is 11.1. The van der Waals surface area contributed by atoms with Crippen LogP contribution in [0.3, 0.4) is 0 Å². The van der Waals surface area contributed by atoms with Gasteiger partial charge in [-0.1, -0.05) is 54.1 Å². The highest BCUT2D eigenvalue weighted by molar-refractivity contribution is 7.92. The second-order valence-electron chi connectivity index (χ2n) is 8.48. The summed E-state index contributed by atoms with van der Waals surface area (Å²) in [5, 5.41) is 2.98. The van der Waals surface area contributed by atoms with Crippen molar-refractivity contribution in [1.82, 2.24) is 5.32 Å². The minimum absolute atomic E-state index is 0.0426. The molecule has 0 spiro atoms. The fraction of sp³-hybridized carbons (Fsp3) is 0.138. The summed E-state index contributed by atoms with van der Waals surface area (Å²) in [7, 11) is -2.61. The van der Waals surface area contributed by atoms with E-state index in [1.807, 2.05) is 0 Å². The molecule has 39 heavy (non-hydrogen) atoms. The zero-order valence-corrected chi connectivity index (χ0v) is 22.6. The fourth-order valence-corrected chi connectivity index (χ4v) is 5.37. The lowest BCUT2D eigenvalue weighted by Crippen LogP contribution is -2.40. The number of amides is 1. The molecule has 0 bridgehead atoms. The quantitative estimate of drug-likeness (QED) is 0.255. The highest BCUT2D eigenvalue weighted by Crippen LogP contribution is 2.31. The first kappa shape index (κ1) is 27.9. The van der Waals surface area contributed by atoms with Gasteiger partial charge >= 0.3 is 0 Å². The van der Waals surface area contributed by atoms with Gasteiger partial charge in [-0.2, -0.15) is 0 Å². The van der Waals surface area contributed by atoms with Crippen molar-refractivity contribution in [2.75, 3.05) is 18.0 Å². The third kappa shape index (κ3) is 7.28. The Morgan fingerprint density at radius 3 is 2.23 bits per heavy atom. The Morgan fingerprint density at radius 1 is 0.923 bits per heavy atom. The Labute approximate surface area is 231 Å². The van der Waals surface area contributed by atoms with Gasteiger partial charge in [-0.15, -0.1) is 0 Å². The van der Waals surface area contributed by atoms with Crippen LogP contribution in [0.4, 0.5) is 10.1 Å². The topological polar surface area (TPSA) is 84.9 Å². The number of hydrogen-bond donors (Lipinski definition) is 1. The maximum absolute atomic E-state index is 13.5. The van der Waals surface area contributed by atoms with Crippen molar-refractivity contribution < 1.29 is 27.1 Å². The third-order valence-electron chi connectivity index (χ3n) is 5.77. The summed E-state index contributed by atoms with van der Waals surface area (Å²) < 4.78 is 51.9. The molecule has 0 aromatic heterocycles. The largest absolute Gasteiger partial charge is 0.495 e. The van der Waals surface area contributed by atoms with Gasteiger partial charge in [-0.3, -0.25) is 9.10 Å². The van der Waals surface area contributed by atoms with Crippen LogP contribution in [0.1, 0.15) is 11.1 Å². The van der Waals surface area contributed by atoms with Gasteiger partial charge in [0.1, 0.15) is 30.5 Å². The number of nitrogens with one attached hydrogen (secondary N) is 1. The number of nitrogens with zero attached hydrogens (tertiary/aromatic N) is 1. The molecule has 0 saturated heterocycles. The molecule has 0 radical (unpaired) electrons. The van der Waals surface area contributed by atoms with Crippen LogP contribution in [0, 0.1) is 5.82 Å². The Bertz CT molecular complexity index is 1520. The summed E-state index contributed by atoms with van der Waals surface area (Å²) >= 11 is 6.25. The van der Waals surface area contributed by atoms with E-state index in [-0.39, 0.29) is 34.6 Å². The number of rotatable bonds is 11. The van der Waals surface area contributed by atoms with Crippen LogP contribution < -0.4 is 19.1 Å². The average molecular weight is 569 g/mol. The molecule has 7 nitrogen and oxygen atoms in total. The molecule has 0 aliphatic rings. The Morgan fingerprint density at radius 2 is 1.59 bits per heavy atom. The second-order valence-corrected chi connectivity index (χ2v) is 10.7. The summed E-state index contributed by atoms with van der Waals surface area (Å²) in [5.74, 6) is 0.190. The monoisotopic (exact) mass is 568 g/mol. The van der Waals surface area contributed by atoms with E-state index in [1.165, 1.54) is 43.5 Å². The van der Waals surface area contributed by atoms with Crippen LogP contribution in [-0.4, -0.2) is 28.0 Å². The van der Waals surface area contributed by atoms with Crippen LogP contribution >= 0.6 is 11.6 Å². The summed E-state index contributed by atoms with van der Waals surface area (Å²) in [6, 6.07) is 25.5. The number of sulfonamides is 1. The van der Waals surface area contributed by atoms with Gasteiger partial charge in [0.15, 0.2) is 0 Å². The van der Waals surface area contributed by atoms with E-state index in [1.54, 1.807) is 60.7 Å². The maximum Gasteiger partial charge on any atom is 0.264 e. The van der Waals surface area contributed by atoms with E-state index in [0.29, 0.717) is 11.5 Å². The molecule has 1 N–H and O–H groups in total. The third-order valence-corrected chi connectivity index (χ3v) is 7.86. The van der Waals surface area contributed by atoms with Crippen LogP contribution in [-0.2, 0) is 28.0 Å². The van der Waals surface area contributed by atoms with E-state index < -0.39 is 22.5 Å². The predicted molar refractivity (Wildman–Crippen MR) is 148 cm³/mol. The van der Waals surface area contributed by atoms with Gasteiger partial charge in [0.2, 0.25) is 5.91 Å². The minimum atomic E-state index is -4.07. The Kier molecular flexibility index (Phi) is 9.06. The van der Waals surface area contributed by atoms with E-state index in [9.17, 15) is 17.6 Å². The molecule has 1 amide bonds. The van der Waals surface area contributed by atoms with E-state index in [4.69, 9.17) is 21.1 Å². The first-order chi connectivity index (χ1) is 18.8. The lowest BCUT2D eigenvalue weighted by molar-refractivity contribution is -0.119. The average Bonchev–Trinajstić information content (AvgIpc) is 2.95. The summed E-state index contributed by atoms with van der Waals surface area (Å²) in [6.45, 7) is 0.00980. The first-order valence-electron chi connectivity index (χ1n) is 11.9. The number of anilines is 1. The molecule has 202 valence electrons. The van der Waals surface area contributed by atoms with Gasteiger partial charge < -0.3 is 14.8 Å². The zero-order chi connectivity index (χ0) is 27.8. The molecule has 4 rings (SSSR count). The molecule has 0 saturated carbocycles. The Balaban J connectivity index is 1.42. The maximum atomic E-state index is 13.5. The predicted octanol–water partition coefficient (Wildman–Crippen LogP) is 5.58. The highest BCUT2D eigenvalue weighted by Gasteiger charge is 2.27. The smallest absolute Gasteiger partial charge is 0.264 e. The van der Waals surface area contributed by atoms with Crippen molar-refractivity contribution >= 4 is 33.2 Å². The molecule has 0 unspecified atom stereocenters. The van der Waals surface area contributed by atoms with E-state index >= 15 is 0 Å². The summed E-state index contributed by atoms with van der Waals surface area (Å²) in [4.78, 5) is 13.0. The molecule has 0 aliphatic carbocycles. The van der Waals surface area contributed by atoms with Crippen molar-refractivity contribution in [1.29, 1.82) is 0 Å². The minimum Gasteiger partial charge on any atom is -0.495 e. The molecule has 4 aromatic rings. The number of carbonyl (C=O) groups is 1. The standard InChI is InChI=1S/C29H26ClFN2O5S/c1-37-28-16-13-24(17-27(28)30)33(39(35,36)26-5-3-2-4-6-26)19-29(34)32-18-21-9-14-25(15-10-21)38-20-22-7-11-23(31)12-8-22/h2-17H,18-20H2,1H3,(H,32,34). The van der Waals surface area contributed by atoms with Crippen molar-refractivity contribution in [2.24, 2.45) is 0 Å². The molecule has 4 aromatic carbocycles. The van der Waals surface area contributed by atoms with Crippen molar-refractivity contribution in [3.05, 3.63) is 119 Å². The number of hydrogen-bond acceptors (Lipinski definition) is 5. The first-order valence-corrected chi connectivity index (χ1v) is 13.7. The van der Waals surface area contributed by atoms with E-state index in [2.05, 4.69) is 5.32 Å². The molecule has 0 fully saturated rings. The zero-order valence-electron chi connectivity index (χ0n) is 21.0. The Hall–Kier alpha value is -4.08. The highest BCUT2D eigenvalue weighted by atomic mass is 35.5. The van der Waals surface area contributed by atoms with Gasteiger partial charge in [0.25, 0.3) is 10.0 Å². The van der Waals surface area contributed by atoms with Gasteiger partial charge in [-0.25, -0.2) is 12.8 Å². The van der Waals surface area contributed by atoms with Crippen molar-refractivity contribution in [3.63, 3.8) is 0 Å². The molecule has 0 atom stereocenters. The van der Waals surface area contributed by atoms with Crippen LogP contribution in [0.2, 0.25) is 5.02 Å². The van der Waals surface area contributed by atoms with Crippen molar-refractivity contribution in [3.8, 4) is 11.5 Å². The second kappa shape index (κ2) is 12.6. The molecular weight excluding hydrogens is 543 g/mol. The van der Waals surface area contributed by atoms with Crippen LogP contribution in [0.25, 0.3) is 0 Å². The van der Waals surface area contributed by atoms with Crippen LogP contribution in [0.5, 0.6) is 11.5 Å². The molecule has 0 aliphatic heterocycles.